The van der Waals surface area contributed by atoms with Crippen molar-refractivity contribution in [1.82, 2.24) is 0 Å². The minimum absolute atomic E-state index is 0.253. The van der Waals surface area contributed by atoms with E-state index in [1.165, 1.54) is 25.3 Å². The van der Waals surface area contributed by atoms with E-state index in [-0.39, 0.29) is 11.4 Å². The quantitative estimate of drug-likeness (QED) is 0.474. The van der Waals surface area contributed by atoms with Gasteiger partial charge in [0.15, 0.2) is 0 Å². The molecule has 0 spiro atoms. The van der Waals surface area contributed by atoms with Gasteiger partial charge in [0.05, 0.1) is 12.8 Å². The van der Waals surface area contributed by atoms with Crippen molar-refractivity contribution in [2.75, 3.05) is 12.4 Å². The molecule has 1 amide bonds. The van der Waals surface area contributed by atoms with E-state index in [4.69, 9.17) is 27.9 Å². The van der Waals surface area contributed by atoms with Crippen LogP contribution in [-0.4, -0.2) is 23.9 Å². The molecule has 0 heterocycles. The molecule has 0 aliphatic heterocycles. The van der Waals surface area contributed by atoms with Crippen LogP contribution in [0.3, 0.4) is 0 Å². The van der Waals surface area contributed by atoms with Gasteiger partial charge in [-0.1, -0.05) is 23.2 Å². The van der Waals surface area contributed by atoms with Crippen LogP contribution in [0.4, 0.5) is 5.69 Å². The van der Waals surface area contributed by atoms with E-state index in [9.17, 15) is 14.7 Å². The molecule has 124 valence electrons. The Morgan fingerprint density at radius 2 is 1.71 bits per heavy atom. The lowest BCUT2D eigenvalue weighted by Crippen LogP contribution is -2.21. The molecular formula is C17H13Cl2NO4. The Kier molecular flexibility index (Phi) is 5.84. The summed E-state index contributed by atoms with van der Waals surface area (Å²) in [6.45, 7) is 0. The van der Waals surface area contributed by atoms with E-state index in [1.54, 1.807) is 24.3 Å². The molecule has 24 heavy (non-hydrogen) atoms. The van der Waals surface area contributed by atoms with Crippen molar-refractivity contribution < 1.29 is 19.4 Å². The molecule has 0 aliphatic rings. The fourth-order valence-corrected chi connectivity index (χ4v) is 2.15. The third kappa shape index (κ3) is 4.50. The first-order chi connectivity index (χ1) is 11.4. The maximum absolute atomic E-state index is 12.0. The second-order valence-electron chi connectivity index (χ2n) is 4.70. The highest BCUT2D eigenvalue weighted by atomic mass is 35.5. The predicted molar refractivity (Wildman–Crippen MR) is 93.7 cm³/mol. The maximum atomic E-state index is 12.0. The number of anilines is 1. The number of aliphatic hydroxyl groups is 1. The molecule has 0 fully saturated rings. The summed E-state index contributed by atoms with van der Waals surface area (Å²) in [5.41, 5.74) is 0.614. The highest BCUT2D eigenvalue weighted by molar-refractivity contribution is 6.45. The van der Waals surface area contributed by atoms with Crippen molar-refractivity contribution in [2.24, 2.45) is 0 Å². The van der Waals surface area contributed by atoms with Crippen LogP contribution < -0.4 is 10.1 Å². The highest BCUT2D eigenvalue weighted by Crippen LogP contribution is 2.27. The summed E-state index contributed by atoms with van der Waals surface area (Å²) in [6.07, 6.45) is 0.829. The van der Waals surface area contributed by atoms with Crippen LogP contribution >= 0.6 is 23.2 Å². The van der Waals surface area contributed by atoms with E-state index in [1.807, 2.05) is 0 Å². The molecule has 2 aromatic carbocycles. The zero-order valence-electron chi connectivity index (χ0n) is 12.5. The third-order valence-electron chi connectivity index (χ3n) is 3.04. The number of nitrogens with one attached hydrogen (secondary N) is 1. The SMILES string of the molecule is COc1ccc(Cl)cc1NC(=O)C(=O)/C=C(\O)c1ccc(Cl)cc1. The van der Waals surface area contributed by atoms with Gasteiger partial charge < -0.3 is 15.2 Å². The summed E-state index contributed by atoms with van der Waals surface area (Å²) in [6, 6.07) is 10.8. The molecule has 5 nitrogen and oxygen atoms in total. The van der Waals surface area contributed by atoms with Crippen LogP contribution in [0.25, 0.3) is 5.76 Å². The topological polar surface area (TPSA) is 75.6 Å². The fraction of sp³-hybridized carbons (Fsp3) is 0.0588. The van der Waals surface area contributed by atoms with Crippen LogP contribution in [0, 0.1) is 0 Å². The Balaban J connectivity index is 2.15. The van der Waals surface area contributed by atoms with E-state index in [2.05, 4.69) is 5.32 Å². The summed E-state index contributed by atoms with van der Waals surface area (Å²) < 4.78 is 5.08. The van der Waals surface area contributed by atoms with Crippen molar-refractivity contribution in [2.45, 2.75) is 0 Å². The van der Waals surface area contributed by atoms with E-state index >= 15 is 0 Å². The molecule has 0 bridgehead atoms. The van der Waals surface area contributed by atoms with Gasteiger partial charge >= 0.3 is 0 Å². The normalized spacial score (nSPS) is 11.0. The van der Waals surface area contributed by atoms with Crippen LogP contribution in [0.2, 0.25) is 10.0 Å². The van der Waals surface area contributed by atoms with Crippen LogP contribution in [0.1, 0.15) is 5.56 Å². The summed E-state index contributed by atoms with van der Waals surface area (Å²) in [5.74, 6) is -1.85. The molecular weight excluding hydrogens is 353 g/mol. The molecule has 2 N–H and O–H groups in total. The largest absolute Gasteiger partial charge is 0.507 e. The molecule has 0 aliphatic carbocycles. The van der Waals surface area contributed by atoms with Crippen molar-refractivity contribution >= 4 is 46.3 Å². The molecule has 0 radical (unpaired) electrons. The number of carbonyl (C=O) groups is 2. The fourth-order valence-electron chi connectivity index (χ4n) is 1.86. The summed E-state index contributed by atoms with van der Waals surface area (Å²) >= 11 is 11.6. The number of methoxy groups -OCH3 is 1. The van der Waals surface area contributed by atoms with Crippen LogP contribution in [0.5, 0.6) is 5.75 Å². The number of hydrogen-bond donors (Lipinski definition) is 2. The Morgan fingerprint density at radius 3 is 2.33 bits per heavy atom. The number of amides is 1. The first kappa shape index (κ1) is 17.8. The van der Waals surface area contributed by atoms with Crippen molar-refractivity contribution in [3.63, 3.8) is 0 Å². The molecule has 0 saturated heterocycles. The zero-order valence-corrected chi connectivity index (χ0v) is 14.1. The molecule has 0 unspecified atom stereocenters. The lowest BCUT2D eigenvalue weighted by atomic mass is 10.1. The Labute approximate surface area is 148 Å². The van der Waals surface area contributed by atoms with Gasteiger partial charge in [0.25, 0.3) is 5.91 Å². The number of rotatable bonds is 5. The maximum Gasteiger partial charge on any atom is 0.296 e. The summed E-state index contributed by atoms with van der Waals surface area (Å²) in [4.78, 5) is 23.9. The number of ketones is 1. The van der Waals surface area contributed by atoms with Gasteiger partial charge in [0, 0.05) is 21.7 Å². The molecule has 7 heteroatoms. The average molecular weight is 366 g/mol. The van der Waals surface area contributed by atoms with E-state index in [0.717, 1.165) is 6.08 Å². The van der Waals surface area contributed by atoms with Crippen molar-refractivity contribution in [3.05, 3.63) is 64.1 Å². The second kappa shape index (κ2) is 7.86. The number of carbonyl (C=O) groups excluding carboxylic acids is 2. The lowest BCUT2D eigenvalue weighted by molar-refractivity contribution is -0.132. The number of benzene rings is 2. The van der Waals surface area contributed by atoms with Crippen LogP contribution in [0.15, 0.2) is 48.5 Å². The predicted octanol–water partition coefficient (Wildman–Crippen LogP) is 4.11. The number of hydrogen-bond acceptors (Lipinski definition) is 4. The average Bonchev–Trinajstić information content (AvgIpc) is 2.55. The first-order valence-corrected chi connectivity index (χ1v) is 7.51. The number of halogens is 2. The lowest BCUT2D eigenvalue weighted by Gasteiger charge is -2.09. The van der Waals surface area contributed by atoms with Gasteiger partial charge in [-0.3, -0.25) is 9.59 Å². The first-order valence-electron chi connectivity index (χ1n) is 6.76. The molecule has 0 aromatic heterocycles. The Morgan fingerprint density at radius 1 is 1.08 bits per heavy atom. The minimum Gasteiger partial charge on any atom is -0.507 e. The van der Waals surface area contributed by atoms with Gasteiger partial charge in [-0.25, -0.2) is 0 Å². The standard InChI is InChI=1S/C17H13Cl2NO4/c1-24-16-7-6-12(19)8-13(16)20-17(23)15(22)9-14(21)10-2-4-11(18)5-3-10/h2-9,21H,1H3,(H,20,23)/b14-9-. The summed E-state index contributed by atoms with van der Waals surface area (Å²) in [5, 5.41) is 13.2. The van der Waals surface area contributed by atoms with Crippen molar-refractivity contribution in [1.29, 1.82) is 0 Å². The van der Waals surface area contributed by atoms with E-state index in [0.29, 0.717) is 21.4 Å². The van der Waals surface area contributed by atoms with E-state index < -0.39 is 11.7 Å². The summed E-state index contributed by atoms with van der Waals surface area (Å²) in [7, 11) is 1.42. The van der Waals surface area contributed by atoms with Gasteiger partial charge in [-0.15, -0.1) is 0 Å². The smallest absolute Gasteiger partial charge is 0.296 e. The second-order valence-corrected chi connectivity index (χ2v) is 5.57. The monoisotopic (exact) mass is 365 g/mol. The van der Waals surface area contributed by atoms with Gasteiger partial charge in [-0.05, 0) is 42.5 Å². The minimum atomic E-state index is -0.934. The number of aliphatic hydroxyl groups excluding tert-OH is 1. The molecule has 2 rings (SSSR count). The molecule has 0 saturated carbocycles. The molecule has 2 aromatic rings. The zero-order chi connectivity index (χ0) is 17.7. The van der Waals surface area contributed by atoms with Gasteiger partial charge in [-0.2, -0.15) is 0 Å². The third-order valence-corrected chi connectivity index (χ3v) is 3.53. The Hall–Kier alpha value is -2.50. The Bertz CT molecular complexity index is 801. The van der Waals surface area contributed by atoms with Gasteiger partial charge in [0.1, 0.15) is 11.5 Å². The number of ether oxygens (including phenoxy) is 1. The van der Waals surface area contributed by atoms with Crippen LogP contribution in [-0.2, 0) is 9.59 Å². The highest BCUT2D eigenvalue weighted by Gasteiger charge is 2.15. The van der Waals surface area contributed by atoms with Gasteiger partial charge in [0.2, 0.25) is 5.78 Å². The van der Waals surface area contributed by atoms with Crippen molar-refractivity contribution in [3.8, 4) is 5.75 Å². The molecule has 0 atom stereocenters.